The zero-order valence-corrected chi connectivity index (χ0v) is 21.7. The van der Waals surface area contributed by atoms with Crippen LogP contribution < -0.4 is 0 Å². The Balaban J connectivity index is 2.87. The second-order valence-electron chi connectivity index (χ2n) is 9.64. The van der Waals surface area contributed by atoms with Gasteiger partial charge in [0, 0.05) is 30.1 Å². The fourth-order valence-corrected chi connectivity index (χ4v) is 5.14. The molecule has 1 unspecified atom stereocenters. The summed E-state index contributed by atoms with van der Waals surface area (Å²) >= 11 is 1.56. The van der Waals surface area contributed by atoms with E-state index >= 15 is 0 Å². The minimum absolute atomic E-state index is 0.170. The van der Waals surface area contributed by atoms with Gasteiger partial charge in [0.05, 0.1) is 12.2 Å². The van der Waals surface area contributed by atoms with Gasteiger partial charge in [-0.1, -0.05) is 65.5 Å². The van der Waals surface area contributed by atoms with Crippen LogP contribution in [-0.2, 0) is 14.3 Å². The molecule has 0 aromatic carbocycles. The smallest absolute Gasteiger partial charge is 0.310 e. The number of aliphatic hydroxyl groups is 2. The molecule has 0 aromatic heterocycles. The van der Waals surface area contributed by atoms with Gasteiger partial charge in [-0.05, 0) is 36.9 Å². The molecule has 0 saturated carbocycles. The van der Waals surface area contributed by atoms with Crippen molar-refractivity contribution < 1.29 is 29.6 Å². The minimum atomic E-state index is -0.782. The minimum Gasteiger partial charge on any atom is -0.481 e. The van der Waals surface area contributed by atoms with E-state index in [2.05, 4.69) is 20.8 Å². The number of thioether (sulfide) groups is 1. The number of hydrogen-bond donors (Lipinski definition) is 3. The summed E-state index contributed by atoms with van der Waals surface area (Å²) in [6.45, 7) is 8.20. The molecule has 1 rings (SSSR count). The highest BCUT2D eigenvalue weighted by Crippen LogP contribution is 2.42. The summed E-state index contributed by atoms with van der Waals surface area (Å²) in [7, 11) is 0. The van der Waals surface area contributed by atoms with Gasteiger partial charge in [-0.2, -0.15) is 0 Å². The topological polar surface area (TPSA) is 104 Å². The summed E-state index contributed by atoms with van der Waals surface area (Å²) in [6, 6.07) is 0. The van der Waals surface area contributed by atoms with Gasteiger partial charge in [0.15, 0.2) is 0 Å². The van der Waals surface area contributed by atoms with Crippen LogP contribution in [0.1, 0.15) is 98.3 Å². The normalized spacial score (nSPS) is 19.9. The van der Waals surface area contributed by atoms with Crippen LogP contribution >= 0.6 is 11.8 Å². The Morgan fingerprint density at radius 1 is 1.12 bits per heavy atom. The third-order valence-electron chi connectivity index (χ3n) is 6.10. The summed E-state index contributed by atoms with van der Waals surface area (Å²) in [5.74, 6) is -0.106. The molecule has 0 fully saturated rings. The molecule has 0 radical (unpaired) electrons. The molecule has 0 spiro atoms. The Bertz CT molecular complexity index is 670. The number of rotatable bonds is 17. The molecular formula is C26H44O6S. The van der Waals surface area contributed by atoms with Gasteiger partial charge in [-0.3, -0.25) is 9.59 Å². The number of carboxylic acid groups (broad SMARTS) is 1. The van der Waals surface area contributed by atoms with Crippen LogP contribution in [0.5, 0.6) is 0 Å². The van der Waals surface area contributed by atoms with Crippen molar-refractivity contribution in [1.29, 1.82) is 0 Å². The van der Waals surface area contributed by atoms with Crippen LogP contribution in [0, 0.1) is 11.3 Å². The van der Waals surface area contributed by atoms with Crippen LogP contribution in [0.3, 0.4) is 0 Å². The van der Waals surface area contributed by atoms with Crippen molar-refractivity contribution >= 4 is 23.7 Å². The fraction of sp³-hybridized carbons (Fsp3) is 0.769. The lowest BCUT2D eigenvalue weighted by Gasteiger charge is -2.29. The van der Waals surface area contributed by atoms with Crippen molar-refractivity contribution in [3.05, 3.63) is 22.8 Å². The zero-order valence-electron chi connectivity index (χ0n) is 20.8. The lowest BCUT2D eigenvalue weighted by atomic mass is 9.81. The quantitative estimate of drug-likeness (QED) is 0.136. The number of carbonyl (C=O) groups excluding carboxylic acids is 1. The highest BCUT2D eigenvalue weighted by Gasteiger charge is 2.35. The Kier molecular flexibility index (Phi) is 14.0. The lowest BCUT2D eigenvalue weighted by Crippen LogP contribution is -2.28. The van der Waals surface area contributed by atoms with Gasteiger partial charge in [0.1, 0.15) is 5.76 Å². The largest absolute Gasteiger partial charge is 0.481 e. The number of carboxylic acids is 1. The van der Waals surface area contributed by atoms with E-state index < -0.39 is 18.2 Å². The first-order valence-corrected chi connectivity index (χ1v) is 13.4. The average Bonchev–Trinajstić information content (AvgIpc) is 3.02. The Hall–Kier alpha value is -1.31. The maximum Gasteiger partial charge on any atom is 0.310 e. The zero-order chi connectivity index (χ0) is 24.9. The third kappa shape index (κ3) is 11.1. The standard InChI is InChI=1S/C26H44O6S/c1-5-7-10-16-26(3,4)22(28)15-14-19-20(27)18-21(32-24(31)12-6-2)25(19)33-17-11-8-9-13-23(29)30/h14-15,19-20,22,27-28H,5-13,16-18H2,1-4H3,(H,29,30)/b15-14+/t19-,20+,22?/m0/s1. The second-order valence-corrected chi connectivity index (χ2v) is 10.8. The average molecular weight is 485 g/mol. The van der Waals surface area contributed by atoms with Crippen molar-refractivity contribution in [3.63, 3.8) is 0 Å². The van der Waals surface area contributed by atoms with Crippen molar-refractivity contribution in [2.24, 2.45) is 11.3 Å². The summed E-state index contributed by atoms with van der Waals surface area (Å²) in [6.07, 6.45) is 10.4. The predicted molar refractivity (Wildman–Crippen MR) is 134 cm³/mol. The molecule has 1 aliphatic rings. The van der Waals surface area contributed by atoms with Crippen LogP contribution in [0.25, 0.3) is 0 Å². The molecule has 6 nitrogen and oxygen atoms in total. The van der Waals surface area contributed by atoms with Crippen molar-refractivity contribution in [1.82, 2.24) is 0 Å². The van der Waals surface area contributed by atoms with Crippen LogP contribution in [0.2, 0.25) is 0 Å². The Labute approximate surface area is 203 Å². The van der Waals surface area contributed by atoms with E-state index in [4.69, 9.17) is 9.84 Å². The van der Waals surface area contributed by atoms with E-state index in [-0.39, 0.29) is 30.1 Å². The molecule has 1 aliphatic carbocycles. The Morgan fingerprint density at radius 2 is 1.85 bits per heavy atom. The number of aliphatic carboxylic acids is 1. The first-order valence-electron chi connectivity index (χ1n) is 12.4. The van der Waals surface area contributed by atoms with Crippen LogP contribution in [-0.4, -0.2) is 45.2 Å². The summed E-state index contributed by atoms with van der Waals surface area (Å²) < 4.78 is 5.60. The first kappa shape index (κ1) is 29.7. The van der Waals surface area contributed by atoms with Crippen molar-refractivity contribution in [3.8, 4) is 0 Å². The third-order valence-corrected chi connectivity index (χ3v) is 7.40. The number of hydrogen-bond acceptors (Lipinski definition) is 6. The SMILES string of the molecule is CCCCCC(C)(C)C(O)/C=C/[C@@H]1C(SCCCCCC(=O)O)=C(OC(=O)CCC)C[C@H]1O. The highest BCUT2D eigenvalue weighted by molar-refractivity contribution is 8.03. The Morgan fingerprint density at radius 3 is 2.48 bits per heavy atom. The molecule has 0 heterocycles. The monoisotopic (exact) mass is 484 g/mol. The van der Waals surface area contributed by atoms with Crippen LogP contribution in [0.4, 0.5) is 0 Å². The van der Waals surface area contributed by atoms with E-state index in [1.165, 1.54) is 0 Å². The summed E-state index contributed by atoms with van der Waals surface area (Å²) in [5, 5.41) is 30.3. The number of unbranched alkanes of at least 4 members (excludes halogenated alkanes) is 4. The van der Waals surface area contributed by atoms with E-state index in [1.807, 2.05) is 13.0 Å². The van der Waals surface area contributed by atoms with Gasteiger partial charge in [-0.25, -0.2) is 0 Å². The van der Waals surface area contributed by atoms with Gasteiger partial charge < -0.3 is 20.1 Å². The number of ether oxygens (including phenoxy) is 1. The molecular weight excluding hydrogens is 440 g/mol. The summed E-state index contributed by atoms with van der Waals surface area (Å²) in [5.41, 5.74) is -0.257. The van der Waals surface area contributed by atoms with Gasteiger partial charge in [0.2, 0.25) is 0 Å². The van der Waals surface area contributed by atoms with Crippen molar-refractivity contribution in [2.45, 2.75) is 111 Å². The molecule has 0 bridgehead atoms. The summed E-state index contributed by atoms with van der Waals surface area (Å²) in [4.78, 5) is 23.6. The molecule has 0 aliphatic heterocycles. The van der Waals surface area contributed by atoms with Crippen LogP contribution in [0.15, 0.2) is 22.8 Å². The number of carbonyl (C=O) groups is 2. The predicted octanol–water partition coefficient (Wildman–Crippen LogP) is 5.82. The van der Waals surface area contributed by atoms with E-state index in [1.54, 1.807) is 17.8 Å². The van der Waals surface area contributed by atoms with Gasteiger partial charge in [-0.15, -0.1) is 11.8 Å². The molecule has 0 saturated heterocycles. The second kappa shape index (κ2) is 15.6. The maximum absolute atomic E-state index is 12.1. The molecule has 7 heteroatoms. The van der Waals surface area contributed by atoms with E-state index in [0.29, 0.717) is 25.0 Å². The molecule has 0 aromatic rings. The van der Waals surface area contributed by atoms with Crippen molar-refractivity contribution in [2.75, 3.05) is 5.75 Å². The number of aliphatic hydroxyl groups excluding tert-OH is 2. The molecule has 0 amide bonds. The van der Waals surface area contributed by atoms with Gasteiger partial charge in [0.25, 0.3) is 0 Å². The molecule has 33 heavy (non-hydrogen) atoms. The fourth-order valence-electron chi connectivity index (χ4n) is 3.86. The highest BCUT2D eigenvalue weighted by atomic mass is 32.2. The maximum atomic E-state index is 12.1. The lowest BCUT2D eigenvalue weighted by molar-refractivity contribution is -0.140. The van der Waals surface area contributed by atoms with E-state index in [9.17, 15) is 19.8 Å². The molecule has 3 N–H and O–H groups in total. The molecule has 3 atom stereocenters. The number of esters is 1. The molecule has 190 valence electrons. The van der Waals surface area contributed by atoms with E-state index in [0.717, 1.165) is 49.2 Å². The van der Waals surface area contributed by atoms with Gasteiger partial charge >= 0.3 is 11.9 Å². The first-order chi connectivity index (χ1) is 15.6.